The number of carboxylic acids is 1. The maximum Gasteiger partial charge on any atom is 0.326 e. The van der Waals surface area contributed by atoms with Gasteiger partial charge in [-0.05, 0) is 13.8 Å². The van der Waals surface area contributed by atoms with Gasteiger partial charge in [0.05, 0.1) is 19.3 Å². The Morgan fingerprint density at radius 3 is 2.69 bits per heavy atom. The first kappa shape index (κ1) is 12.8. The van der Waals surface area contributed by atoms with Gasteiger partial charge in [0.1, 0.15) is 6.04 Å². The van der Waals surface area contributed by atoms with E-state index in [0.717, 1.165) is 0 Å². The van der Waals surface area contributed by atoms with Crippen LogP contribution >= 0.6 is 0 Å². The van der Waals surface area contributed by atoms with Crippen molar-refractivity contribution in [2.24, 2.45) is 0 Å². The third-order valence-corrected chi connectivity index (χ3v) is 2.85. The second-order valence-corrected chi connectivity index (χ2v) is 4.03. The van der Waals surface area contributed by atoms with Crippen molar-refractivity contribution in [3.05, 3.63) is 0 Å². The van der Waals surface area contributed by atoms with Crippen LogP contribution in [-0.4, -0.2) is 65.8 Å². The first-order valence-corrected chi connectivity index (χ1v) is 5.29. The minimum atomic E-state index is -1.00. The Morgan fingerprint density at radius 2 is 2.19 bits per heavy atom. The zero-order valence-corrected chi connectivity index (χ0v) is 9.84. The Bertz CT molecular complexity index is 282. The number of nitrogens with zero attached hydrogens (tertiary/aromatic N) is 2. The fourth-order valence-corrected chi connectivity index (χ4v) is 1.55. The van der Waals surface area contributed by atoms with Crippen molar-refractivity contribution in [3.63, 3.8) is 0 Å². The Morgan fingerprint density at radius 1 is 1.56 bits per heavy atom. The lowest BCUT2D eigenvalue weighted by atomic mass is 10.2. The highest BCUT2D eigenvalue weighted by molar-refractivity contribution is 5.82. The van der Waals surface area contributed by atoms with Crippen LogP contribution in [-0.2, 0) is 9.53 Å². The van der Waals surface area contributed by atoms with Gasteiger partial charge >= 0.3 is 12.0 Å². The van der Waals surface area contributed by atoms with Crippen LogP contribution in [0.3, 0.4) is 0 Å². The summed E-state index contributed by atoms with van der Waals surface area (Å²) in [7, 11) is 1.50. The number of ether oxygens (including phenoxy) is 1. The molecule has 2 amide bonds. The number of hydrogen-bond donors (Lipinski definition) is 1. The van der Waals surface area contributed by atoms with E-state index >= 15 is 0 Å². The van der Waals surface area contributed by atoms with Crippen LogP contribution in [0.25, 0.3) is 0 Å². The maximum absolute atomic E-state index is 12.0. The SMILES string of the molecule is CC(C(=O)O)N(C)C(=O)N1CCOCC1C. The summed E-state index contributed by atoms with van der Waals surface area (Å²) in [5, 5.41) is 8.83. The quantitative estimate of drug-likeness (QED) is 0.737. The molecule has 1 saturated heterocycles. The number of aliphatic carboxylic acids is 1. The van der Waals surface area contributed by atoms with Gasteiger partial charge in [-0.3, -0.25) is 0 Å². The van der Waals surface area contributed by atoms with Crippen LogP contribution in [0, 0.1) is 0 Å². The number of likely N-dealkylation sites (N-methyl/N-ethyl adjacent to an activating group) is 1. The molecule has 1 N–H and O–H groups in total. The summed E-state index contributed by atoms with van der Waals surface area (Å²) in [6.07, 6.45) is 0. The topological polar surface area (TPSA) is 70.1 Å². The average molecular weight is 230 g/mol. The number of carboxylic acid groups (broad SMARTS) is 1. The van der Waals surface area contributed by atoms with E-state index in [0.29, 0.717) is 19.8 Å². The number of urea groups is 1. The molecule has 16 heavy (non-hydrogen) atoms. The van der Waals surface area contributed by atoms with E-state index in [1.165, 1.54) is 18.9 Å². The van der Waals surface area contributed by atoms with Crippen LogP contribution in [0.4, 0.5) is 4.79 Å². The van der Waals surface area contributed by atoms with E-state index in [9.17, 15) is 9.59 Å². The van der Waals surface area contributed by atoms with E-state index in [1.54, 1.807) is 4.90 Å². The number of carbonyl (C=O) groups is 2. The number of amides is 2. The minimum Gasteiger partial charge on any atom is -0.480 e. The third kappa shape index (κ3) is 2.63. The van der Waals surface area contributed by atoms with Crippen molar-refractivity contribution < 1.29 is 19.4 Å². The molecule has 6 nitrogen and oxygen atoms in total. The minimum absolute atomic E-state index is 0.00954. The normalized spacial score (nSPS) is 22.7. The maximum atomic E-state index is 12.0. The lowest BCUT2D eigenvalue weighted by Crippen LogP contribution is -2.54. The summed E-state index contributed by atoms with van der Waals surface area (Å²) in [5.41, 5.74) is 0. The van der Waals surface area contributed by atoms with Crippen molar-refractivity contribution in [2.75, 3.05) is 26.8 Å². The fourth-order valence-electron chi connectivity index (χ4n) is 1.55. The molecule has 1 heterocycles. The largest absolute Gasteiger partial charge is 0.480 e. The molecule has 2 unspecified atom stereocenters. The highest BCUT2D eigenvalue weighted by Gasteiger charge is 2.30. The summed E-state index contributed by atoms with van der Waals surface area (Å²) in [5.74, 6) is -1.00. The zero-order chi connectivity index (χ0) is 12.3. The van der Waals surface area contributed by atoms with Crippen LogP contribution in [0.2, 0.25) is 0 Å². The van der Waals surface area contributed by atoms with Crippen molar-refractivity contribution >= 4 is 12.0 Å². The van der Waals surface area contributed by atoms with Crippen LogP contribution < -0.4 is 0 Å². The first-order chi connectivity index (χ1) is 7.45. The van der Waals surface area contributed by atoms with Crippen molar-refractivity contribution in [2.45, 2.75) is 25.9 Å². The number of morpholine rings is 1. The molecule has 0 aromatic rings. The summed E-state index contributed by atoms with van der Waals surface area (Å²) in [6.45, 7) is 4.89. The second kappa shape index (κ2) is 5.16. The third-order valence-electron chi connectivity index (χ3n) is 2.85. The van der Waals surface area contributed by atoms with Gasteiger partial charge in [0, 0.05) is 13.6 Å². The lowest BCUT2D eigenvalue weighted by molar-refractivity contribution is -0.141. The second-order valence-electron chi connectivity index (χ2n) is 4.03. The van der Waals surface area contributed by atoms with Gasteiger partial charge in [-0.1, -0.05) is 0 Å². The Kier molecular flexibility index (Phi) is 4.12. The van der Waals surface area contributed by atoms with E-state index < -0.39 is 12.0 Å². The number of carbonyl (C=O) groups excluding carboxylic acids is 1. The van der Waals surface area contributed by atoms with Crippen molar-refractivity contribution in [1.29, 1.82) is 0 Å². The summed E-state index contributed by atoms with van der Waals surface area (Å²) < 4.78 is 5.22. The van der Waals surface area contributed by atoms with Gasteiger partial charge in [-0.15, -0.1) is 0 Å². The first-order valence-electron chi connectivity index (χ1n) is 5.29. The molecule has 0 saturated carbocycles. The Hall–Kier alpha value is -1.30. The molecule has 1 aliphatic rings. The monoisotopic (exact) mass is 230 g/mol. The molecular weight excluding hydrogens is 212 g/mol. The molecule has 0 aliphatic carbocycles. The number of rotatable bonds is 2. The predicted octanol–water partition coefficient (Wildman–Crippen LogP) is 0.232. The molecular formula is C10H18N2O4. The van der Waals surface area contributed by atoms with Crippen LogP contribution in [0.1, 0.15) is 13.8 Å². The highest BCUT2D eigenvalue weighted by Crippen LogP contribution is 2.10. The van der Waals surface area contributed by atoms with Gasteiger partial charge < -0.3 is 19.6 Å². The highest BCUT2D eigenvalue weighted by atomic mass is 16.5. The summed E-state index contributed by atoms with van der Waals surface area (Å²) >= 11 is 0. The standard InChI is InChI=1S/C10H18N2O4/c1-7-6-16-5-4-12(7)10(15)11(3)8(2)9(13)14/h7-8H,4-6H2,1-3H3,(H,13,14). The van der Waals surface area contributed by atoms with Gasteiger partial charge in [-0.2, -0.15) is 0 Å². The molecule has 0 radical (unpaired) electrons. The molecule has 0 spiro atoms. The van der Waals surface area contributed by atoms with Crippen LogP contribution in [0.5, 0.6) is 0 Å². The predicted molar refractivity (Wildman–Crippen MR) is 57.2 cm³/mol. The number of hydrogen-bond acceptors (Lipinski definition) is 3. The molecule has 2 atom stereocenters. The summed E-state index contributed by atoms with van der Waals surface area (Å²) in [6, 6.07) is -1.09. The molecule has 0 aromatic heterocycles. The zero-order valence-electron chi connectivity index (χ0n) is 9.84. The van der Waals surface area contributed by atoms with Gasteiger partial charge in [0.2, 0.25) is 0 Å². The van der Waals surface area contributed by atoms with Gasteiger partial charge in [0.25, 0.3) is 0 Å². The van der Waals surface area contributed by atoms with E-state index in [2.05, 4.69) is 0 Å². The van der Waals surface area contributed by atoms with E-state index in [4.69, 9.17) is 9.84 Å². The molecule has 1 fully saturated rings. The Balaban J connectivity index is 2.65. The molecule has 1 rings (SSSR count). The molecule has 1 aliphatic heterocycles. The van der Waals surface area contributed by atoms with E-state index in [1.807, 2.05) is 6.92 Å². The average Bonchev–Trinajstić information content (AvgIpc) is 2.26. The van der Waals surface area contributed by atoms with Gasteiger partial charge in [-0.25, -0.2) is 9.59 Å². The van der Waals surface area contributed by atoms with Crippen molar-refractivity contribution in [1.82, 2.24) is 9.80 Å². The van der Waals surface area contributed by atoms with Crippen molar-refractivity contribution in [3.8, 4) is 0 Å². The lowest BCUT2D eigenvalue weighted by Gasteiger charge is -2.37. The molecule has 0 aromatic carbocycles. The van der Waals surface area contributed by atoms with E-state index in [-0.39, 0.29) is 12.1 Å². The van der Waals surface area contributed by atoms with Gasteiger partial charge in [0.15, 0.2) is 0 Å². The Labute approximate surface area is 94.8 Å². The molecule has 6 heteroatoms. The van der Waals surface area contributed by atoms with Crippen LogP contribution in [0.15, 0.2) is 0 Å². The summed E-state index contributed by atoms with van der Waals surface area (Å²) in [4.78, 5) is 25.6. The molecule has 92 valence electrons. The fraction of sp³-hybridized carbons (Fsp3) is 0.800. The molecule has 0 bridgehead atoms. The smallest absolute Gasteiger partial charge is 0.326 e.